The summed E-state index contributed by atoms with van der Waals surface area (Å²) in [6.45, 7) is 0. The van der Waals surface area contributed by atoms with E-state index >= 15 is 0 Å². The van der Waals surface area contributed by atoms with Crippen LogP contribution in [-0.2, 0) is 0 Å². The number of alkyl halides is 7. The van der Waals surface area contributed by atoms with Crippen LogP contribution in [0, 0.1) is 0 Å². The molecule has 0 bridgehead atoms. The predicted octanol–water partition coefficient (Wildman–Crippen LogP) is 2.99. The first kappa shape index (κ1) is 10.2. The number of hydrogen-bond acceptors (Lipinski definition) is 0. The molecule has 62 valence electrons. The fourth-order valence-corrected chi connectivity index (χ4v) is 0.206. The molecular formula is C3HCl2F5. The average molecular weight is 203 g/mol. The fourth-order valence-electron chi connectivity index (χ4n) is 0.124. The van der Waals surface area contributed by atoms with Crippen molar-refractivity contribution in [2.24, 2.45) is 0 Å². The summed E-state index contributed by atoms with van der Waals surface area (Å²) in [5.74, 6) is 0. The minimum Gasteiger partial charge on any atom is -0.211 e. The minimum absolute atomic E-state index is 3.90. The Bertz CT molecular complexity index is 117. The number of rotatable bonds is 2. The van der Waals surface area contributed by atoms with E-state index in [4.69, 9.17) is 0 Å². The SMILES string of the molecule is FC(F)C(F)(Cl)C(F)(F)Cl. The van der Waals surface area contributed by atoms with E-state index in [0.29, 0.717) is 0 Å². The highest BCUT2D eigenvalue weighted by Crippen LogP contribution is 2.43. The molecule has 0 heterocycles. The molecule has 10 heavy (non-hydrogen) atoms. The van der Waals surface area contributed by atoms with Gasteiger partial charge in [0.1, 0.15) is 0 Å². The molecule has 0 aliphatic heterocycles. The highest BCUT2D eigenvalue weighted by atomic mass is 35.5. The molecule has 0 amide bonds. The van der Waals surface area contributed by atoms with Gasteiger partial charge in [-0.2, -0.15) is 8.78 Å². The van der Waals surface area contributed by atoms with Crippen molar-refractivity contribution in [2.75, 3.05) is 0 Å². The third kappa shape index (κ3) is 1.85. The van der Waals surface area contributed by atoms with Gasteiger partial charge in [0.2, 0.25) is 0 Å². The van der Waals surface area contributed by atoms with Gasteiger partial charge in [0.25, 0.3) is 6.43 Å². The van der Waals surface area contributed by atoms with Crippen LogP contribution in [-0.4, -0.2) is 16.9 Å². The van der Waals surface area contributed by atoms with Gasteiger partial charge in [-0.05, 0) is 11.6 Å². The molecule has 0 saturated carbocycles. The lowest BCUT2D eigenvalue weighted by Gasteiger charge is -2.20. The Labute approximate surface area is 62.9 Å². The van der Waals surface area contributed by atoms with Crippen LogP contribution in [0.2, 0.25) is 0 Å². The number of hydrogen-bond donors (Lipinski definition) is 0. The highest BCUT2D eigenvalue weighted by molar-refractivity contribution is 6.32. The van der Waals surface area contributed by atoms with E-state index in [9.17, 15) is 22.0 Å². The molecule has 1 atom stereocenters. The Morgan fingerprint density at radius 1 is 1.00 bits per heavy atom. The molecule has 0 aromatic carbocycles. The predicted molar refractivity (Wildman–Crippen MR) is 26.5 cm³/mol. The lowest BCUT2D eigenvalue weighted by molar-refractivity contribution is -0.100. The molecule has 0 rings (SSSR count). The molecule has 0 spiro atoms. The van der Waals surface area contributed by atoms with Crippen LogP contribution >= 0.6 is 23.2 Å². The zero-order valence-electron chi connectivity index (χ0n) is 4.22. The third-order valence-electron chi connectivity index (χ3n) is 0.652. The van der Waals surface area contributed by atoms with Crippen molar-refractivity contribution in [2.45, 2.75) is 16.9 Å². The maximum atomic E-state index is 11.9. The summed E-state index contributed by atoms with van der Waals surface area (Å²) in [6, 6.07) is 0. The van der Waals surface area contributed by atoms with Crippen molar-refractivity contribution in [1.82, 2.24) is 0 Å². The Hall–Kier alpha value is 0.230. The van der Waals surface area contributed by atoms with Gasteiger partial charge in [-0.1, -0.05) is 11.6 Å². The molecule has 7 heteroatoms. The standard InChI is InChI=1S/C3HCl2F5/c4-2(8,1(6)7)3(5,9)10/h1H. The Morgan fingerprint density at radius 2 is 1.30 bits per heavy atom. The summed E-state index contributed by atoms with van der Waals surface area (Å²) in [6.07, 6.45) is -4.03. The molecule has 0 N–H and O–H groups in total. The van der Waals surface area contributed by atoms with Crippen molar-refractivity contribution in [3.05, 3.63) is 0 Å². The van der Waals surface area contributed by atoms with Crippen molar-refractivity contribution >= 4 is 23.2 Å². The largest absolute Gasteiger partial charge is 0.374 e. The van der Waals surface area contributed by atoms with Crippen molar-refractivity contribution in [1.29, 1.82) is 0 Å². The van der Waals surface area contributed by atoms with Crippen LogP contribution in [0.25, 0.3) is 0 Å². The second-order valence-electron chi connectivity index (χ2n) is 1.42. The lowest BCUT2D eigenvalue weighted by atomic mass is 10.4. The molecule has 0 aromatic rings. The van der Waals surface area contributed by atoms with Crippen molar-refractivity contribution < 1.29 is 22.0 Å². The molecule has 0 nitrogen and oxygen atoms in total. The monoisotopic (exact) mass is 202 g/mol. The first-order chi connectivity index (χ1) is 4.19. The zero-order chi connectivity index (χ0) is 8.58. The first-order valence-electron chi connectivity index (χ1n) is 1.92. The van der Waals surface area contributed by atoms with E-state index in [1.807, 2.05) is 0 Å². The minimum atomic E-state index is -4.76. The normalized spacial score (nSPS) is 19.2. The van der Waals surface area contributed by atoms with Gasteiger partial charge in [0.05, 0.1) is 0 Å². The maximum Gasteiger partial charge on any atom is 0.374 e. The Balaban J connectivity index is 4.40. The summed E-state index contributed by atoms with van der Waals surface area (Å²) < 4.78 is 57.4. The van der Waals surface area contributed by atoms with Crippen LogP contribution in [0.5, 0.6) is 0 Å². The molecule has 0 aliphatic carbocycles. The van der Waals surface area contributed by atoms with Gasteiger partial charge >= 0.3 is 10.5 Å². The van der Waals surface area contributed by atoms with Crippen LogP contribution in [0.3, 0.4) is 0 Å². The average Bonchev–Trinajstić information content (AvgIpc) is 1.62. The second kappa shape index (κ2) is 2.70. The molecule has 0 saturated heterocycles. The fraction of sp³-hybridized carbons (Fsp3) is 1.00. The zero-order valence-corrected chi connectivity index (χ0v) is 5.73. The molecule has 0 radical (unpaired) electrons. The first-order valence-corrected chi connectivity index (χ1v) is 2.68. The quantitative estimate of drug-likeness (QED) is 0.477. The van der Waals surface area contributed by atoms with Gasteiger partial charge < -0.3 is 0 Å². The van der Waals surface area contributed by atoms with E-state index < -0.39 is 16.9 Å². The summed E-state index contributed by atoms with van der Waals surface area (Å²) >= 11 is 7.95. The maximum absolute atomic E-state index is 11.9. The second-order valence-corrected chi connectivity index (χ2v) is 2.45. The topological polar surface area (TPSA) is 0 Å². The van der Waals surface area contributed by atoms with Crippen molar-refractivity contribution in [3.8, 4) is 0 Å². The summed E-state index contributed by atoms with van der Waals surface area (Å²) in [5, 5.41) is -9.25. The van der Waals surface area contributed by atoms with E-state index in [0.717, 1.165) is 0 Å². The Kier molecular flexibility index (Phi) is 2.76. The van der Waals surface area contributed by atoms with E-state index in [-0.39, 0.29) is 0 Å². The molecule has 1 unspecified atom stereocenters. The van der Waals surface area contributed by atoms with Gasteiger partial charge in [-0.15, -0.1) is 0 Å². The summed E-state index contributed by atoms with van der Waals surface area (Å²) in [5.41, 5.74) is 0. The van der Waals surface area contributed by atoms with Crippen LogP contribution in [0.4, 0.5) is 22.0 Å². The van der Waals surface area contributed by atoms with E-state index in [1.54, 1.807) is 0 Å². The van der Waals surface area contributed by atoms with E-state index in [2.05, 4.69) is 23.2 Å². The van der Waals surface area contributed by atoms with Crippen LogP contribution in [0.1, 0.15) is 0 Å². The molecule has 0 fully saturated rings. The third-order valence-corrected chi connectivity index (χ3v) is 1.43. The molecule has 0 aliphatic rings. The molecular weight excluding hydrogens is 202 g/mol. The molecule has 0 aromatic heterocycles. The van der Waals surface area contributed by atoms with Crippen LogP contribution in [0.15, 0.2) is 0 Å². The van der Waals surface area contributed by atoms with Crippen molar-refractivity contribution in [3.63, 3.8) is 0 Å². The van der Waals surface area contributed by atoms with E-state index in [1.165, 1.54) is 0 Å². The highest BCUT2D eigenvalue weighted by Gasteiger charge is 2.59. The van der Waals surface area contributed by atoms with Gasteiger partial charge in [-0.25, -0.2) is 13.2 Å². The van der Waals surface area contributed by atoms with Crippen LogP contribution < -0.4 is 0 Å². The summed E-state index contributed by atoms with van der Waals surface area (Å²) in [7, 11) is 0. The van der Waals surface area contributed by atoms with Gasteiger partial charge in [0.15, 0.2) is 0 Å². The lowest BCUT2D eigenvalue weighted by Crippen LogP contribution is -2.40. The van der Waals surface area contributed by atoms with Gasteiger partial charge in [0, 0.05) is 0 Å². The summed E-state index contributed by atoms with van der Waals surface area (Å²) in [4.78, 5) is 0. The Morgan fingerprint density at radius 3 is 1.30 bits per heavy atom. The smallest absolute Gasteiger partial charge is 0.211 e. The van der Waals surface area contributed by atoms with Gasteiger partial charge in [-0.3, -0.25) is 0 Å². The number of halogens is 7.